The highest BCUT2D eigenvalue weighted by Crippen LogP contribution is 2.31. The molecule has 4 rings (SSSR count). The van der Waals surface area contributed by atoms with Crippen LogP contribution in [-0.2, 0) is 28.0 Å². The van der Waals surface area contributed by atoms with Crippen molar-refractivity contribution in [2.45, 2.75) is 45.2 Å². The smallest absolute Gasteiger partial charge is 0.251 e. The summed E-state index contributed by atoms with van der Waals surface area (Å²) in [5.74, 6) is -3.10. The third-order valence-electron chi connectivity index (χ3n) is 5.81. The van der Waals surface area contributed by atoms with Crippen molar-refractivity contribution in [1.29, 1.82) is 0 Å². The van der Waals surface area contributed by atoms with E-state index in [0.29, 0.717) is 12.1 Å². The SMILES string of the molecule is CN1NCc2cc(C(NC(=O)Cc3cc(O)no3)C(=O)Nc3cc(F)c(C(C)(C)C)c(F)c3)ccc21. The van der Waals surface area contributed by atoms with Gasteiger partial charge in [0.2, 0.25) is 5.91 Å². The van der Waals surface area contributed by atoms with Gasteiger partial charge in [-0.2, -0.15) is 0 Å². The summed E-state index contributed by atoms with van der Waals surface area (Å²) >= 11 is 0. The van der Waals surface area contributed by atoms with E-state index >= 15 is 0 Å². The number of fused-ring (bicyclic) bond motifs is 1. The van der Waals surface area contributed by atoms with E-state index in [1.54, 1.807) is 32.9 Å². The highest BCUT2D eigenvalue weighted by atomic mass is 19.1. The molecule has 0 bridgehead atoms. The molecule has 1 aliphatic heterocycles. The first-order valence-corrected chi connectivity index (χ1v) is 11.3. The van der Waals surface area contributed by atoms with Crippen molar-refractivity contribution in [2.24, 2.45) is 0 Å². The van der Waals surface area contributed by atoms with Crippen LogP contribution >= 0.6 is 0 Å². The van der Waals surface area contributed by atoms with Crippen molar-refractivity contribution >= 4 is 23.2 Å². The second kappa shape index (κ2) is 9.57. The van der Waals surface area contributed by atoms with Gasteiger partial charge in [-0.3, -0.25) is 9.59 Å². The zero-order valence-corrected chi connectivity index (χ0v) is 20.3. The standard InChI is InChI=1S/C25H27F2N5O4/c1-25(2,3)22-17(26)8-15(9-18(22)27)29-24(35)23(30-20(33)10-16-11-21(34)31-36-16)13-5-6-19-14(7-13)12-28-32(19)4/h5-9,11,23,28H,10,12H2,1-4H3,(H,29,35)(H,30,33)(H,31,34). The van der Waals surface area contributed by atoms with Crippen LogP contribution in [0.25, 0.3) is 0 Å². The topological polar surface area (TPSA) is 120 Å². The number of rotatable bonds is 6. The van der Waals surface area contributed by atoms with Crippen LogP contribution in [0.2, 0.25) is 0 Å². The normalized spacial score (nSPS) is 13.9. The van der Waals surface area contributed by atoms with Crippen molar-refractivity contribution in [3.63, 3.8) is 0 Å². The molecule has 0 saturated heterocycles. The number of carbonyl (C=O) groups excluding carboxylic acids is 2. The molecule has 1 aromatic heterocycles. The summed E-state index contributed by atoms with van der Waals surface area (Å²) in [4.78, 5) is 26.0. The molecule has 0 fully saturated rings. The minimum Gasteiger partial charge on any atom is -0.491 e. The van der Waals surface area contributed by atoms with E-state index < -0.39 is 34.9 Å². The van der Waals surface area contributed by atoms with E-state index in [0.717, 1.165) is 23.4 Å². The maximum Gasteiger partial charge on any atom is 0.251 e. The maximum absolute atomic E-state index is 14.7. The van der Waals surface area contributed by atoms with Crippen molar-refractivity contribution in [1.82, 2.24) is 15.9 Å². The van der Waals surface area contributed by atoms with Gasteiger partial charge in [-0.15, -0.1) is 0 Å². The number of hydrazine groups is 1. The quantitative estimate of drug-likeness (QED) is 0.410. The first-order valence-electron chi connectivity index (χ1n) is 11.3. The fourth-order valence-corrected chi connectivity index (χ4v) is 4.17. The summed E-state index contributed by atoms with van der Waals surface area (Å²) in [6.07, 6.45) is -0.282. The zero-order chi connectivity index (χ0) is 26.2. The number of aromatic hydroxyl groups is 1. The van der Waals surface area contributed by atoms with E-state index in [9.17, 15) is 23.5 Å². The van der Waals surface area contributed by atoms with Crippen LogP contribution in [0, 0.1) is 11.6 Å². The average Bonchev–Trinajstić information content (AvgIpc) is 3.35. The molecule has 0 radical (unpaired) electrons. The number of hydrogen-bond acceptors (Lipinski definition) is 7. The van der Waals surface area contributed by atoms with Crippen LogP contribution in [0.5, 0.6) is 5.88 Å². The highest BCUT2D eigenvalue weighted by Gasteiger charge is 2.28. The lowest BCUT2D eigenvalue weighted by atomic mass is 9.86. The molecule has 1 aliphatic rings. The van der Waals surface area contributed by atoms with Crippen molar-refractivity contribution in [2.75, 3.05) is 17.4 Å². The Balaban J connectivity index is 1.61. The molecule has 11 heteroatoms. The van der Waals surface area contributed by atoms with Gasteiger partial charge in [-0.05, 0) is 46.0 Å². The Hall–Kier alpha value is -3.99. The summed E-state index contributed by atoms with van der Waals surface area (Å²) in [5, 5.41) is 19.6. The predicted molar refractivity (Wildman–Crippen MR) is 128 cm³/mol. The molecule has 0 saturated carbocycles. The number of aromatic nitrogens is 1. The predicted octanol–water partition coefficient (Wildman–Crippen LogP) is 3.45. The van der Waals surface area contributed by atoms with Gasteiger partial charge < -0.3 is 25.3 Å². The molecule has 36 heavy (non-hydrogen) atoms. The zero-order valence-electron chi connectivity index (χ0n) is 20.3. The molecule has 0 spiro atoms. The number of amides is 2. The second-order valence-electron chi connectivity index (χ2n) is 9.66. The van der Waals surface area contributed by atoms with E-state index in [2.05, 4.69) is 21.2 Å². The number of anilines is 2. The molecule has 4 N–H and O–H groups in total. The number of hydrogen-bond donors (Lipinski definition) is 4. The van der Waals surface area contributed by atoms with Gasteiger partial charge in [0.15, 0.2) is 0 Å². The fourth-order valence-electron chi connectivity index (χ4n) is 4.17. The largest absolute Gasteiger partial charge is 0.491 e. The average molecular weight is 500 g/mol. The number of benzene rings is 2. The molecule has 3 aromatic rings. The molecule has 1 atom stereocenters. The Bertz CT molecular complexity index is 1300. The fraction of sp³-hybridized carbons (Fsp3) is 0.320. The number of carbonyl (C=O) groups is 2. The number of nitrogens with one attached hydrogen (secondary N) is 3. The summed E-state index contributed by atoms with van der Waals surface area (Å²) in [5.41, 5.74) is 4.52. The number of halogens is 2. The van der Waals surface area contributed by atoms with Crippen molar-refractivity contribution in [3.8, 4) is 5.88 Å². The summed E-state index contributed by atoms with van der Waals surface area (Å²) in [7, 11) is 1.86. The minimum absolute atomic E-state index is 0.0787. The van der Waals surface area contributed by atoms with Crippen molar-refractivity contribution in [3.05, 3.63) is 70.5 Å². The van der Waals surface area contributed by atoms with Crippen LogP contribution in [-0.4, -0.2) is 29.1 Å². The van der Waals surface area contributed by atoms with Crippen LogP contribution in [0.1, 0.15) is 49.3 Å². The van der Waals surface area contributed by atoms with E-state index in [1.807, 2.05) is 18.1 Å². The Morgan fingerprint density at radius 2 is 1.89 bits per heavy atom. The van der Waals surface area contributed by atoms with Crippen LogP contribution in [0.4, 0.5) is 20.2 Å². The van der Waals surface area contributed by atoms with Crippen LogP contribution in [0.3, 0.4) is 0 Å². The molecule has 2 heterocycles. The molecule has 9 nitrogen and oxygen atoms in total. The lowest BCUT2D eigenvalue weighted by molar-refractivity contribution is -0.126. The second-order valence-corrected chi connectivity index (χ2v) is 9.66. The lowest BCUT2D eigenvalue weighted by Gasteiger charge is -2.22. The molecular weight excluding hydrogens is 472 g/mol. The van der Waals surface area contributed by atoms with E-state index in [-0.39, 0.29) is 29.3 Å². The van der Waals surface area contributed by atoms with E-state index in [4.69, 9.17) is 4.52 Å². The Morgan fingerprint density at radius 3 is 2.50 bits per heavy atom. The van der Waals surface area contributed by atoms with Gasteiger partial charge in [-0.1, -0.05) is 26.8 Å². The van der Waals surface area contributed by atoms with Crippen molar-refractivity contribution < 1.29 is 28.0 Å². The summed E-state index contributed by atoms with van der Waals surface area (Å²) < 4.78 is 34.3. The Morgan fingerprint density at radius 1 is 1.19 bits per heavy atom. The van der Waals surface area contributed by atoms with Gasteiger partial charge in [0, 0.05) is 30.9 Å². The van der Waals surface area contributed by atoms with Crippen LogP contribution < -0.4 is 21.1 Å². The van der Waals surface area contributed by atoms with Gasteiger partial charge >= 0.3 is 0 Å². The minimum atomic E-state index is -1.18. The van der Waals surface area contributed by atoms with Crippen LogP contribution in [0.15, 0.2) is 40.9 Å². The maximum atomic E-state index is 14.7. The third kappa shape index (κ3) is 5.30. The summed E-state index contributed by atoms with van der Waals surface area (Å²) in [6.45, 7) is 5.59. The first-order chi connectivity index (χ1) is 16.9. The summed E-state index contributed by atoms with van der Waals surface area (Å²) in [6, 6.07) is 7.39. The molecule has 190 valence electrons. The monoisotopic (exact) mass is 499 g/mol. The van der Waals surface area contributed by atoms with Gasteiger partial charge in [0.05, 0.1) is 12.1 Å². The Labute approximate surface area is 206 Å². The van der Waals surface area contributed by atoms with Gasteiger partial charge in [0.1, 0.15) is 23.4 Å². The van der Waals surface area contributed by atoms with Gasteiger partial charge in [0.25, 0.3) is 11.8 Å². The van der Waals surface area contributed by atoms with Gasteiger partial charge in [-0.25, -0.2) is 14.2 Å². The third-order valence-corrected chi connectivity index (χ3v) is 5.81. The highest BCUT2D eigenvalue weighted by molar-refractivity contribution is 5.98. The molecule has 2 amide bonds. The molecule has 2 aromatic carbocycles. The first kappa shape index (κ1) is 25.1. The molecule has 1 unspecified atom stereocenters. The lowest BCUT2D eigenvalue weighted by Crippen LogP contribution is -2.37. The Kier molecular flexibility index (Phi) is 6.68. The molecular formula is C25H27F2N5O4. The molecule has 0 aliphatic carbocycles. The number of nitrogens with zero attached hydrogens (tertiary/aromatic N) is 2. The van der Waals surface area contributed by atoms with E-state index in [1.165, 1.54) is 6.07 Å².